The highest BCUT2D eigenvalue weighted by atomic mass is 19.4. The van der Waals surface area contributed by atoms with Crippen LogP contribution >= 0.6 is 0 Å². The fourth-order valence-electron chi connectivity index (χ4n) is 1.52. The van der Waals surface area contributed by atoms with Gasteiger partial charge in [0.1, 0.15) is 5.75 Å². The van der Waals surface area contributed by atoms with Crippen molar-refractivity contribution in [1.29, 1.82) is 0 Å². The molecule has 9 heteroatoms. The first-order valence-electron chi connectivity index (χ1n) is 5.70. The van der Waals surface area contributed by atoms with Crippen molar-refractivity contribution in [2.24, 2.45) is 5.73 Å². The minimum absolute atomic E-state index is 0.332. The lowest BCUT2D eigenvalue weighted by Crippen LogP contribution is -2.45. The summed E-state index contributed by atoms with van der Waals surface area (Å²) in [5.74, 6) is 0.482. The Morgan fingerprint density at radius 1 is 1.00 bits per heavy atom. The highest BCUT2D eigenvalue weighted by molar-refractivity contribution is 5.28. The summed E-state index contributed by atoms with van der Waals surface area (Å²) in [4.78, 5) is 0. The maximum absolute atomic E-state index is 12.3. The molecule has 0 aliphatic heterocycles. The second-order valence-electron chi connectivity index (χ2n) is 4.18. The van der Waals surface area contributed by atoms with Gasteiger partial charge >= 0.3 is 12.4 Å². The van der Waals surface area contributed by atoms with Gasteiger partial charge in [-0.3, -0.25) is 0 Å². The fraction of sp³-hybridized carbons (Fsp3) is 0.500. The molecular formula is C12H13F6NO2. The van der Waals surface area contributed by atoms with Crippen LogP contribution in [0.4, 0.5) is 26.3 Å². The van der Waals surface area contributed by atoms with Gasteiger partial charge in [-0.15, -0.1) is 0 Å². The van der Waals surface area contributed by atoms with E-state index in [2.05, 4.69) is 4.74 Å². The third-order valence-electron chi connectivity index (χ3n) is 2.58. The summed E-state index contributed by atoms with van der Waals surface area (Å²) >= 11 is 0. The van der Waals surface area contributed by atoms with Crippen LogP contribution in [0.2, 0.25) is 0 Å². The van der Waals surface area contributed by atoms with E-state index >= 15 is 0 Å². The van der Waals surface area contributed by atoms with E-state index in [1.165, 1.54) is 31.4 Å². The molecule has 0 aliphatic carbocycles. The number of alkyl halides is 6. The molecule has 0 bridgehead atoms. The van der Waals surface area contributed by atoms with Crippen molar-refractivity contribution in [1.82, 2.24) is 0 Å². The second kappa shape index (κ2) is 6.52. The van der Waals surface area contributed by atoms with E-state index in [0.717, 1.165) is 0 Å². The molecule has 1 rings (SSSR count). The van der Waals surface area contributed by atoms with Crippen molar-refractivity contribution in [2.75, 3.05) is 13.7 Å². The van der Waals surface area contributed by atoms with E-state index in [-0.39, 0.29) is 0 Å². The van der Waals surface area contributed by atoms with E-state index in [0.29, 0.717) is 11.3 Å². The van der Waals surface area contributed by atoms with E-state index in [4.69, 9.17) is 10.5 Å². The molecule has 1 unspecified atom stereocenters. The maximum Gasteiger partial charge on any atom is 0.423 e. The standard InChI is InChI=1S/C12H13F6NO2/c1-20-8-4-2-7(3-5-8)9(19)6-21-10(11(13,14)15)12(16,17)18/h2-5,9-10H,6,19H2,1H3. The molecule has 1 aromatic carbocycles. The first-order valence-corrected chi connectivity index (χ1v) is 5.70. The minimum atomic E-state index is -5.54. The van der Waals surface area contributed by atoms with Crippen LogP contribution in [0.1, 0.15) is 11.6 Å². The molecule has 0 aromatic heterocycles. The van der Waals surface area contributed by atoms with Crippen molar-refractivity contribution in [3.8, 4) is 5.75 Å². The number of nitrogens with two attached hydrogens (primary N) is 1. The quantitative estimate of drug-likeness (QED) is 0.848. The van der Waals surface area contributed by atoms with E-state index in [9.17, 15) is 26.3 Å². The lowest BCUT2D eigenvalue weighted by atomic mass is 10.1. The van der Waals surface area contributed by atoms with Crippen LogP contribution in [-0.2, 0) is 4.74 Å². The Balaban J connectivity index is 2.71. The number of halogens is 6. The lowest BCUT2D eigenvalue weighted by Gasteiger charge is -2.24. The van der Waals surface area contributed by atoms with Crippen LogP contribution in [0.3, 0.4) is 0 Å². The van der Waals surface area contributed by atoms with Gasteiger partial charge in [-0.05, 0) is 17.7 Å². The number of hydrogen-bond acceptors (Lipinski definition) is 3. The highest BCUT2D eigenvalue weighted by Crippen LogP contribution is 2.36. The molecule has 1 atom stereocenters. The Hall–Kier alpha value is -1.48. The number of benzene rings is 1. The molecule has 120 valence electrons. The smallest absolute Gasteiger partial charge is 0.423 e. The molecule has 1 aromatic rings. The van der Waals surface area contributed by atoms with Gasteiger partial charge in [-0.2, -0.15) is 26.3 Å². The average molecular weight is 317 g/mol. The Morgan fingerprint density at radius 2 is 1.48 bits per heavy atom. The molecule has 21 heavy (non-hydrogen) atoms. The minimum Gasteiger partial charge on any atom is -0.497 e. The molecule has 0 heterocycles. The fourth-order valence-corrected chi connectivity index (χ4v) is 1.52. The van der Waals surface area contributed by atoms with Crippen LogP contribution in [0.25, 0.3) is 0 Å². The Bertz CT molecular complexity index is 429. The number of hydrogen-bond donors (Lipinski definition) is 1. The zero-order valence-corrected chi connectivity index (χ0v) is 10.8. The summed E-state index contributed by atoms with van der Waals surface area (Å²) in [7, 11) is 1.41. The molecule has 0 spiro atoms. The second-order valence-corrected chi connectivity index (χ2v) is 4.18. The molecular weight excluding hydrogens is 304 g/mol. The van der Waals surface area contributed by atoms with Crippen LogP contribution in [-0.4, -0.2) is 32.2 Å². The summed E-state index contributed by atoms with van der Waals surface area (Å²) in [5, 5.41) is 0. The van der Waals surface area contributed by atoms with Gasteiger partial charge in [0.2, 0.25) is 6.10 Å². The zero-order chi connectivity index (χ0) is 16.3. The normalized spacial score (nSPS) is 14.3. The van der Waals surface area contributed by atoms with Gasteiger partial charge in [0.15, 0.2) is 0 Å². The van der Waals surface area contributed by atoms with Crippen molar-refractivity contribution in [3.05, 3.63) is 29.8 Å². The Labute approximate surface area is 116 Å². The predicted octanol–water partition coefficient (Wildman–Crippen LogP) is 3.20. The van der Waals surface area contributed by atoms with Crippen molar-refractivity contribution >= 4 is 0 Å². The summed E-state index contributed by atoms with van der Waals surface area (Å²) in [6.07, 6.45) is -14.9. The first-order chi connectivity index (χ1) is 9.55. The van der Waals surface area contributed by atoms with E-state index in [1.807, 2.05) is 0 Å². The average Bonchev–Trinajstić information content (AvgIpc) is 2.35. The molecule has 0 saturated heterocycles. The van der Waals surface area contributed by atoms with Crippen molar-refractivity contribution < 1.29 is 35.8 Å². The Morgan fingerprint density at radius 3 is 1.86 bits per heavy atom. The molecule has 3 nitrogen and oxygen atoms in total. The molecule has 0 amide bonds. The topological polar surface area (TPSA) is 44.5 Å². The number of methoxy groups -OCH3 is 1. The molecule has 0 radical (unpaired) electrons. The third kappa shape index (κ3) is 5.09. The van der Waals surface area contributed by atoms with Gasteiger partial charge in [0, 0.05) is 0 Å². The molecule has 0 saturated carbocycles. The largest absolute Gasteiger partial charge is 0.497 e. The van der Waals surface area contributed by atoms with E-state index < -0.39 is 31.1 Å². The van der Waals surface area contributed by atoms with Gasteiger partial charge in [0.25, 0.3) is 0 Å². The van der Waals surface area contributed by atoms with Gasteiger partial charge in [-0.1, -0.05) is 12.1 Å². The predicted molar refractivity (Wildman–Crippen MR) is 61.8 cm³/mol. The van der Waals surface area contributed by atoms with E-state index in [1.54, 1.807) is 0 Å². The summed E-state index contributed by atoms with van der Waals surface area (Å²) in [6, 6.07) is 4.72. The number of ether oxygens (including phenoxy) is 2. The molecule has 0 fully saturated rings. The van der Waals surface area contributed by atoms with Gasteiger partial charge < -0.3 is 15.2 Å². The number of rotatable bonds is 5. The van der Waals surface area contributed by atoms with Crippen molar-refractivity contribution in [3.63, 3.8) is 0 Å². The SMILES string of the molecule is COc1ccc(C(N)COC(C(F)(F)F)C(F)(F)F)cc1. The Kier molecular flexibility index (Phi) is 5.46. The van der Waals surface area contributed by atoms with Crippen LogP contribution < -0.4 is 10.5 Å². The van der Waals surface area contributed by atoms with Crippen LogP contribution in [0.5, 0.6) is 5.75 Å². The monoisotopic (exact) mass is 317 g/mol. The lowest BCUT2D eigenvalue weighted by molar-refractivity contribution is -0.322. The maximum atomic E-state index is 12.3. The third-order valence-corrected chi connectivity index (χ3v) is 2.58. The highest BCUT2D eigenvalue weighted by Gasteiger charge is 2.58. The van der Waals surface area contributed by atoms with Crippen LogP contribution in [0.15, 0.2) is 24.3 Å². The summed E-state index contributed by atoms with van der Waals surface area (Å²) < 4.78 is 82.4. The summed E-state index contributed by atoms with van der Waals surface area (Å²) in [5.41, 5.74) is 5.85. The van der Waals surface area contributed by atoms with Crippen molar-refractivity contribution in [2.45, 2.75) is 24.5 Å². The van der Waals surface area contributed by atoms with Crippen LogP contribution in [0, 0.1) is 0 Å². The molecule has 0 aliphatic rings. The van der Waals surface area contributed by atoms with Gasteiger partial charge in [0.05, 0.1) is 19.8 Å². The summed E-state index contributed by atoms with van der Waals surface area (Å²) in [6.45, 7) is -0.921. The zero-order valence-electron chi connectivity index (χ0n) is 10.8. The molecule has 2 N–H and O–H groups in total. The van der Waals surface area contributed by atoms with Gasteiger partial charge in [-0.25, -0.2) is 0 Å². The first kappa shape index (κ1) is 17.6.